The van der Waals surface area contributed by atoms with Gasteiger partial charge in [-0.15, -0.1) is 0 Å². The topological polar surface area (TPSA) is 93.7 Å². The molecule has 0 aliphatic carbocycles. The Morgan fingerprint density at radius 3 is 2.54 bits per heavy atom. The first-order valence-corrected chi connectivity index (χ1v) is 8.07. The molecule has 2 amide bonds. The maximum absolute atomic E-state index is 11.8. The molecule has 1 heterocycles. The molecule has 0 radical (unpaired) electrons. The van der Waals surface area contributed by atoms with Gasteiger partial charge in [-0.1, -0.05) is 6.07 Å². The molecule has 0 aromatic heterocycles. The number of carbonyl (C=O) groups is 3. The van der Waals surface area contributed by atoms with Crippen LogP contribution in [0.3, 0.4) is 0 Å². The molecule has 7 nitrogen and oxygen atoms in total. The van der Waals surface area contributed by atoms with Crippen LogP contribution in [0.15, 0.2) is 28.2 Å². The van der Waals surface area contributed by atoms with Crippen LogP contribution in [0.2, 0.25) is 0 Å². The van der Waals surface area contributed by atoms with Gasteiger partial charge < -0.3 is 9.47 Å². The van der Waals surface area contributed by atoms with E-state index in [1.165, 1.54) is 6.08 Å². The molecule has 24 heavy (non-hydrogen) atoms. The van der Waals surface area contributed by atoms with Crippen LogP contribution in [-0.4, -0.2) is 36.1 Å². The third-order valence-corrected chi connectivity index (χ3v) is 3.68. The first-order valence-electron chi connectivity index (χ1n) is 6.87. The first-order chi connectivity index (χ1) is 11.4. The van der Waals surface area contributed by atoms with Crippen LogP contribution in [0.5, 0.6) is 5.75 Å². The van der Waals surface area contributed by atoms with Gasteiger partial charge in [0.25, 0.3) is 11.8 Å². The molecule has 1 aromatic carbocycles. The van der Waals surface area contributed by atoms with E-state index in [2.05, 4.69) is 26.6 Å². The minimum atomic E-state index is -0.567. The van der Waals surface area contributed by atoms with Crippen LogP contribution in [0.1, 0.15) is 12.5 Å². The summed E-state index contributed by atoms with van der Waals surface area (Å²) >= 11 is 8.04. The Kier molecular flexibility index (Phi) is 6.04. The molecular weight excluding hydrogens is 400 g/mol. The van der Waals surface area contributed by atoms with Gasteiger partial charge in [0, 0.05) is 0 Å². The second-order valence-electron chi connectivity index (χ2n) is 4.58. The highest BCUT2D eigenvalue weighted by atomic mass is 79.9. The fourth-order valence-electron chi connectivity index (χ4n) is 1.84. The van der Waals surface area contributed by atoms with E-state index in [0.717, 1.165) is 0 Å². The molecule has 1 aromatic rings. The lowest BCUT2D eigenvalue weighted by molar-refractivity contribution is -0.145. The van der Waals surface area contributed by atoms with Crippen LogP contribution in [0.4, 0.5) is 0 Å². The summed E-state index contributed by atoms with van der Waals surface area (Å²) in [5.41, 5.74) is 0.536. The van der Waals surface area contributed by atoms with Crippen molar-refractivity contribution < 1.29 is 23.9 Å². The Morgan fingerprint density at radius 2 is 1.96 bits per heavy atom. The number of carbonyl (C=O) groups excluding carboxylic acids is 3. The molecule has 1 aliphatic heterocycles. The normalized spacial score (nSPS) is 13.9. The number of rotatable bonds is 5. The average Bonchev–Trinajstić information content (AvgIpc) is 2.50. The molecule has 2 N–H and O–H groups in total. The maximum Gasteiger partial charge on any atom is 0.344 e. The van der Waals surface area contributed by atoms with E-state index >= 15 is 0 Å². The molecule has 0 bridgehead atoms. The van der Waals surface area contributed by atoms with E-state index in [1.807, 2.05) is 0 Å². The summed E-state index contributed by atoms with van der Waals surface area (Å²) in [4.78, 5) is 34.9. The molecule has 0 atom stereocenters. The number of amides is 2. The van der Waals surface area contributed by atoms with Crippen LogP contribution >= 0.6 is 28.1 Å². The zero-order valence-corrected chi connectivity index (χ0v) is 15.0. The van der Waals surface area contributed by atoms with E-state index < -0.39 is 17.8 Å². The lowest BCUT2D eigenvalue weighted by atomic mass is 10.1. The third-order valence-electron chi connectivity index (χ3n) is 2.86. The first kappa shape index (κ1) is 18.1. The van der Waals surface area contributed by atoms with Gasteiger partial charge >= 0.3 is 5.97 Å². The number of ether oxygens (including phenoxy) is 2. The molecule has 1 saturated heterocycles. The van der Waals surface area contributed by atoms with E-state index in [9.17, 15) is 14.4 Å². The summed E-state index contributed by atoms with van der Waals surface area (Å²) in [5, 5.41) is 4.69. The van der Waals surface area contributed by atoms with E-state index in [4.69, 9.17) is 21.7 Å². The highest BCUT2D eigenvalue weighted by Gasteiger charge is 2.25. The van der Waals surface area contributed by atoms with Crippen molar-refractivity contribution in [1.29, 1.82) is 0 Å². The molecule has 0 unspecified atom stereocenters. The van der Waals surface area contributed by atoms with Crippen molar-refractivity contribution >= 4 is 57.1 Å². The number of halogens is 1. The number of benzene rings is 1. The fraction of sp³-hybridized carbons (Fsp3) is 0.200. The highest BCUT2D eigenvalue weighted by molar-refractivity contribution is 9.10. The zero-order valence-electron chi connectivity index (χ0n) is 12.6. The second kappa shape index (κ2) is 8.02. The van der Waals surface area contributed by atoms with Crippen molar-refractivity contribution in [2.75, 3.05) is 13.2 Å². The molecule has 2 rings (SSSR count). The Bertz CT molecular complexity index is 725. The average molecular weight is 413 g/mol. The van der Waals surface area contributed by atoms with Crippen molar-refractivity contribution in [3.63, 3.8) is 0 Å². The Balaban J connectivity index is 2.13. The van der Waals surface area contributed by atoms with Gasteiger partial charge in [0.1, 0.15) is 11.3 Å². The van der Waals surface area contributed by atoms with Gasteiger partial charge in [-0.25, -0.2) is 4.79 Å². The van der Waals surface area contributed by atoms with Crippen molar-refractivity contribution in [3.8, 4) is 5.75 Å². The lowest BCUT2D eigenvalue weighted by Gasteiger charge is -2.16. The number of nitrogens with one attached hydrogen (secondary N) is 2. The van der Waals surface area contributed by atoms with E-state index in [1.54, 1.807) is 25.1 Å². The van der Waals surface area contributed by atoms with Crippen molar-refractivity contribution in [1.82, 2.24) is 10.6 Å². The van der Waals surface area contributed by atoms with Crippen molar-refractivity contribution in [2.45, 2.75) is 6.92 Å². The zero-order chi connectivity index (χ0) is 17.7. The summed E-state index contributed by atoms with van der Waals surface area (Å²) in [6.07, 6.45) is 1.42. The van der Waals surface area contributed by atoms with Gasteiger partial charge in [-0.05, 0) is 58.8 Å². The maximum atomic E-state index is 11.8. The van der Waals surface area contributed by atoms with Gasteiger partial charge in [0.15, 0.2) is 11.7 Å². The molecule has 1 fully saturated rings. The molecule has 1 aliphatic rings. The lowest BCUT2D eigenvalue weighted by Crippen LogP contribution is -2.51. The summed E-state index contributed by atoms with van der Waals surface area (Å²) < 4.78 is 10.7. The predicted octanol–water partition coefficient (Wildman–Crippen LogP) is 1.31. The SMILES string of the molecule is CCOC(=O)COc1ccc(C=C2C(=O)NC(=S)NC2=O)cc1Br. The quantitative estimate of drug-likeness (QED) is 0.327. The minimum absolute atomic E-state index is 0.0222. The number of thiocarbonyl (C=S) groups is 1. The van der Waals surface area contributed by atoms with Gasteiger partial charge in [0.2, 0.25) is 0 Å². The summed E-state index contributed by atoms with van der Waals surface area (Å²) in [6, 6.07) is 4.91. The van der Waals surface area contributed by atoms with Gasteiger partial charge in [-0.3, -0.25) is 20.2 Å². The van der Waals surface area contributed by atoms with Gasteiger partial charge in [-0.2, -0.15) is 0 Å². The van der Waals surface area contributed by atoms with Crippen LogP contribution in [-0.2, 0) is 19.1 Å². The van der Waals surface area contributed by atoms with E-state index in [-0.39, 0.29) is 23.9 Å². The monoisotopic (exact) mass is 412 g/mol. The summed E-state index contributed by atoms with van der Waals surface area (Å²) in [6.45, 7) is 1.78. The summed E-state index contributed by atoms with van der Waals surface area (Å²) in [5.74, 6) is -1.17. The van der Waals surface area contributed by atoms with Crippen LogP contribution < -0.4 is 15.4 Å². The number of esters is 1. The molecule has 126 valence electrons. The molecule has 9 heteroatoms. The number of hydrogen-bond donors (Lipinski definition) is 2. The van der Waals surface area contributed by atoms with Crippen LogP contribution in [0, 0.1) is 0 Å². The van der Waals surface area contributed by atoms with Gasteiger partial charge in [0.05, 0.1) is 11.1 Å². The third kappa shape index (κ3) is 4.62. The summed E-state index contributed by atoms with van der Waals surface area (Å²) in [7, 11) is 0. The molecule has 0 saturated carbocycles. The highest BCUT2D eigenvalue weighted by Crippen LogP contribution is 2.27. The largest absolute Gasteiger partial charge is 0.481 e. The second-order valence-corrected chi connectivity index (χ2v) is 5.84. The van der Waals surface area contributed by atoms with Crippen LogP contribution in [0.25, 0.3) is 6.08 Å². The standard InChI is InChI=1S/C15H13BrN2O5S/c1-2-22-12(19)7-23-11-4-3-8(6-10(11)16)5-9-13(20)17-15(24)18-14(9)21/h3-6H,2,7H2,1H3,(H2,17,18,20,21,24). The Hall–Kier alpha value is -2.26. The predicted molar refractivity (Wildman–Crippen MR) is 93.1 cm³/mol. The van der Waals surface area contributed by atoms with E-state index in [0.29, 0.717) is 15.8 Å². The Morgan fingerprint density at radius 1 is 1.29 bits per heavy atom. The smallest absolute Gasteiger partial charge is 0.344 e. The minimum Gasteiger partial charge on any atom is -0.481 e. The molecular formula is C15H13BrN2O5S. The van der Waals surface area contributed by atoms with Crippen molar-refractivity contribution in [3.05, 3.63) is 33.8 Å². The fourth-order valence-corrected chi connectivity index (χ4v) is 2.53. The molecule has 0 spiro atoms. The van der Waals surface area contributed by atoms with Crippen molar-refractivity contribution in [2.24, 2.45) is 0 Å². The Labute approximate surface area is 151 Å². The number of hydrogen-bond acceptors (Lipinski definition) is 6.